The lowest BCUT2D eigenvalue weighted by molar-refractivity contribution is 0.612. The van der Waals surface area contributed by atoms with Crippen LogP contribution >= 0.6 is 33.9 Å². The maximum Gasteiger partial charge on any atom is 0.263 e. The smallest absolute Gasteiger partial charge is 0.209 e. The van der Waals surface area contributed by atoms with Gasteiger partial charge in [-0.3, -0.25) is 0 Å². The summed E-state index contributed by atoms with van der Waals surface area (Å²) in [5, 5.41) is 0. The fourth-order valence-electron chi connectivity index (χ4n) is 0. The molecule has 0 saturated carbocycles. The summed E-state index contributed by atoms with van der Waals surface area (Å²) in [6.07, 6.45) is 0. The normalized spacial score (nSPS) is 12.6. The van der Waals surface area contributed by atoms with Crippen LogP contribution in [0.2, 0.25) is 0 Å². The van der Waals surface area contributed by atoms with Crippen molar-refractivity contribution in [1.82, 2.24) is 0 Å². The molecule has 0 aliphatic rings. The summed E-state index contributed by atoms with van der Waals surface area (Å²) in [5.74, 6) is 0. The Labute approximate surface area is 55.8 Å². The molecular weight excluding hydrogens is 182 g/mol. The van der Waals surface area contributed by atoms with Crippen LogP contribution in [-0.2, 0) is 9.05 Å². The van der Waals surface area contributed by atoms with E-state index in [1.807, 2.05) is 0 Å². The van der Waals surface area contributed by atoms with Crippen LogP contribution in [0.1, 0.15) is 0 Å². The second-order valence-electron chi connectivity index (χ2n) is 0.736. The monoisotopic (exact) mass is 182 g/mol. The zero-order chi connectivity index (χ0) is 6.08. The zero-order valence-electron chi connectivity index (χ0n) is 2.94. The van der Waals surface area contributed by atoms with Crippen molar-refractivity contribution in [1.29, 1.82) is 0 Å². The average molecular weight is 183 g/mol. The van der Waals surface area contributed by atoms with Gasteiger partial charge in [-0.25, -0.2) is 8.42 Å². The summed E-state index contributed by atoms with van der Waals surface area (Å²) >= 11 is 9.60. The Morgan fingerprint density at radius 2 is 1.43 bits per heavy atom. The second kappa shape index (κ2) is 2.40. The predicted octanol–water partition coefficient (Wildman–Crippen LogP) is 1.32. The number of hydrogen-bond acceptors (Lipinski definition) is 2. The van der Waals surface area contributed by atoms with E-state index in [2.05, 4.69) is 10.7 Å². The van der Waals surface area contributed by atoms with Gasteiger partial charge in [-0.15, -0.1) is 0 Å². The van der Waals surface area contributed by atoms with E-state index in [1.165, 1.54) is 0 Å². The van der Waals surface area contributed by atoms with Gasteiger partial charge >= 0.3 is 0 Å². The number of alkyl halides is 2. The summed E-state index contributed by atoms with van der Waals surface area (Å²) < 4.78 is 18.1. The van der Waals surface area contributed by atoms with Crippen molar-refractivity contribution in [2.75, 3.05) is 0 Å². The van der Waals surface area contributed by atoms with Gasteiger partial charge in [0.05, 0.1) is 0 Å². The van der Waals surface area contributed by atoms with Gasteiger partial charge in [-0.1, -0.05) is 23.2 Å². The molecule has 0 N–H and O–H groups in total. The van der Waals surface area contributed by atoms with Gasteiger partial charge in [0.15, 0.2) is 0 Å². The van der Waals surface area contributed by atoms with E-state index >= 15 is 0 Å². The molecule has 0 aliphatic heterocycles. The highest BCUT2D eigenvalue weighted by Gasteiger charge is 2.14. The maximum atomic E-state index is 9.83. The van der Waals surface area contributed by atoms with E-state index < -0.39 is 13.2 Å². The summed E-state index contributed by atoms with van der Waals surface area (Å²) in [6, 6.07) is 0. The van der Waals surface area contributed by atoms with E-state index in [9.17, 15) is 8.42 Å². The van der Waals surface area contributed by atoms with Crippen LogP contribution in [0.5, 0.6) is 0 Å². The lowest BCUT2D eigenvalue weighted by atomic mass is 11.9. The van der Waals surface area contributed by atoms with Gasteiger partial charge < -0.3 is 0 Å². The van der Waals surface area contributed by atoms with E-state index in [-0.39, 0.29) is 0 Å². The molecule has 0 unspecified atom stereocenters. The summed E-state index contributed by atoms with van der Waals surface area (Å²) in [4.78, 5) is 0. The SMILES string of the molecule is O=S(=O)(Cl)C(Cl)Cl. The molecule has 0 aromatic rings. The van der Waals surface area contributed by atoms with Crippen molar-refractivity contribution >= 4 is 42.9 Å². The highest BCUT2D eigenvalue weighted by molar-refractivity contribution is 8.16. The molecule has 0 saturated heterocycles. The van der Waals surface area contributed by atoms with Gasteiger partial charge in [-0.2, -0.15) is 0 Å². The van der Waals surface area contributed by atoms with Crippen LogP contribution in [0.3, 0.4) is 0 Å². The molecule has 7 heavy (non-hydrogen) atoms. The molecule has 0 aliphatic carbocycles. The minimum atomic E-state index is -3.74. The van der Waals surface area contributed by atoms with Crippen molar-refractivity contribution < 1.29 is 8.42 Å². The van der Waals surface area contributed by atoms with Crippen LogP contribution in [0, 0.1) is 0 Å². The van der Waals surface area contributed by atoms with E-state index in [0.29, 0.717) is 0 Å². The van der Waals surface area contributed by atoms with Crippen LogP contribution in [0.4, 0.5) is 0 Å². The minimum Gasteiger partial charge on any atom is -0.209 e. The fraction of sp³-hybridized carbons (Fsp3) is 1.00. The molecule has 0 heterocycles. The molecule has 0 bridgehead atoms. The van der Waals surface area contributed by atoms with Crippen molar-refractivity contribution in [3.05, 3.63) is 0 Å². The van der Waals surface area contributed by atoms with Gasteiger partial charge in [0.25, 0.3) is 9.05 Å². The second-order valence-corrected chi connectivity index (χ2v) is 5.06. The van der Waals surface area contributed by atoms with Crippen molar-refractivity contribution in [3.8, 4) is 0 Å². The Hall–Kier alpha value is 0.820. The number of halogens is 3. The highest BCUT2D eigenvalue weighted by atomic mass is 35.7. The molecule has 0 atom stereocenters. The van der Waals surface area contributed by atoms with E-state index in [1.54, 1.807) is 0 Å². The molecular formula is CHCl3O2S. The first-order chi connectivity index (χ1) is 2.94. The molecule has 0 rings (SSSR count). The predicted molar refractivity (Wildman–Crippen MR) is 30.3 cm³/mol. The first-order valence-electron chi connectivity index (χ1n) is 1.16. The summed E-state index contributed by atoms with van der Waals surface area (Å²) in [7, 11) is 0.839. The molecule has 0 amide bonds. The Morgan fingerprint density at radius 3 is 1.43 bits per heavy atom. The Bertz CT molecular complexity index is 135. The first-order valence-corrected chi connectivity index (χ1v) is 4.41. The number of rotatable bonds is 1. The molecule has 0 aromatic carbocycles. The van der Waals surface area contributed by atoms with Gasteiger partial charge in [0.1, 0.15) is 0 Å². The largest absolute Gasteiger partial charge is 0.263 e. The highest BCUT2D eigenvalue weighted by Crippen LogP contribution is 2.14. The molecule has 0 fully saturated rings. The van der Waals surface area contributed by atoms with Crippen LogP contribution in [0.15, 0.2) is 0 Å². The third kappa shape index (κ3) is 3.41. The van der Waals surface area contributed by atoms with E-state index in [0.717, 1.165) is 0 Å². The maximum absolute atomic E-state index is 9.83. The average Bonchev–Trinajstić information content (AvgIpc) is 1.31. The Morgan fingerprint density at radius 1 is 1.29 bits per heavy atom. The van der Waals surface area contributed by atoms with Gasteiger partial charge in [0.2, 0.25) is 4.17 Å². The van der Waals surface area contributed by atoms with Crippen LogP contribution in [-0.4, -0.2) is 12.6 Å². The minimum absolute atomic E-state index is 1.52. The van der Waals surface area contributed by atoms with Gasteiger partial charge in [0, 0.05) is 10.7 Å². The first kappa shape index (κ1) is 7.82. The molecule has 44 valence electrons. The van der Waals surface area contributed by atoms with Crippen LogP contribution in [0.25, 0.3) is 0 Å². The standard InChI is InChI=1S/CHCl3O2S/c2-1(3)7(4,5)6/h1H. The Kier molecular flexibility index (Phi) is 2.68. The number of hydrogen-bond donors (Lipinski definition) is 0. The fourth-order valence-corrected chi connectivity index (χ4v) is 0. The third-order valence-electron chi connectivity index (χ3n) is 0.213. The van der Waals surface area contributed by atoms with Crippen molar-refractivity contribution in [3.63, 3.8) is 0 Å². The third-order valence-corrected chi connectivity index (χ3v) is 3.13. The molecule has 0 radical (unpaired) electrons. The lowest BCUT2D eigenvalue weighted by Gasteiger charge is -1.88. The summed E-state index contributed by atoms with van der Waals surface area (Å²) in [6.45, 7) is 0. The van der Waals surface area contributed by atoms with Gasteiger partial charge in [-0.05, 0) is 0 Å². The quantitative estimate of drug-likeness (QED) is 0.454. The van der Waals surface area contributed by atoms with Crippen LogP contribution < -0.4 is 0 Å². The van der Waals surface area contributed by atoms with Crippen molar-refractivity contribution in [2.45, 2.75) is 4.17 Å². The Balaban J connectivity index is 4.10. The lowest BCUT2D eigenvalue weighted by Crippen LogP contribution is -1.97. The summed E-state index contributed by atoms with van der Waals surface area (Å²) in [5.41, 5.74) is 0. The molecule has 2 nitrogen and oxygen atoms in total. The zero-order valence-corrected chi connectivity index (χ0v) is 6.02. The van der Waals surface area contributed by atoms with E-state index in [4.69, 9.17) is 23.2 Å². The topological polar surface area (TPSA) is 34.1 Å². The van der Waals surface area contributed by atoms with Crippen molar-refractivity contribution in [2.24, 2.45) is 0 Å². The molecule has 6 heteroatoms. The molecule has 0 aromatic heterocycles. The molecule has 0 spiro atoms.